The third kappa shape index (κ3) is 9.19. The predicted octanol–water partition coefficient (Wildman–Crippen LogP) is 7.44. The summed E-state index contributed by atoms with van der Waals surface area (Å²) in [6.45, 7) is 9.77. The first kappa shape index (κ1) is 25.3. The number of nitrogens with zero attached hydrogens (tertiary/aromatic N) is 1. The standard InChI is InChI=1S/C21H30Br2ClNO3/c1-5-16-14-18(26-13-10-19(22)23)20(24)17(6-2)21(16)27-11-8-7-9-12-28-25-15(3)4/h10,14H,5-9,11-13H2,1-4H3. The molecule has 0 bridgehead atoms. The van der Waals surface area contributed by atoms with Crippen molar-refractivity contribution in [2.45, 2.75) is 59.8 Å². The highest BCUT2D eigenvalue weighted by atomic mass is 79.9. The van der Waals surface area contributed by atoms with Gasteiger partial charge in [0.2, 0.25) is 0 Å². The molecule has 0 aliphatic carbocycles. The maximum Gasteiger partial charge on any atom is 0.139 e. The van der Waals surface area contributed by atoms with E-state index in [0.717, 1.165) is 58.1 Å². The van der Waals surface area contributed by atoms with Crippen LogP contribution in [0.3, 0.4) is 0 Å². The Labute approximate surface area is 190 Å². The van der Waals surface area contributed by atoms with Crippen LogP contribution in [0.25, 0.3) is 0 Å². The summed E-state index contributed by atoms with van der Waals surface area (Å²) in [5.41, 5.74) is 3.06. The zero-order valence-electron chi connectivity index (χ0n) is 17.1. The van der Waals surface area contributed by atoms with E-state index in [1.54, 1.807) is 0 Å². The Bertz CT molecular complexity index is 670. The molecule has 4 nitrogen and oxygen atoms in total. The highest BCUT2D eigenvalue weighted by molar-refractivity contribution is 9.28. The molecule has 0 N–H and O–H groups in total. The summed E-state index contributed by atoms with van der Waals surface area (Å²) in [6, 6.07) is 1.99. The Kier molecular flexibility index (Phi) is 12.9. The van der Waals surface area contributed by atoms with Crippen LogP contribution in [0.5, 0.6) is 11.5 Å². The van der Waals surface area contributed by atoms with E-state index in [0.29, 0.717) is 30.6 Å². The topological polar surface area (TPSA) is 40.0 Å². The predicted molar refractivity (Wildman–Crippen MR) is 126 cm³/mol. The minimum Gasteiger partial charge on any atom is -0.493 e. The largest absolute Gasteiger partial charge is 0.493 e. The van der Waals surface area contributed by atoms with Gasteiger partial charge in [-0.25, -0.2) is 0 Å². The van der Waals surface area contributed by atoms with E-state index in [1.807, 2.05) is 26.0 Å². The van der Waals surface area contributed by atoms with Crippen molar-refractivity contribution in [1.29, 1.82) is 0 Å². The molecule has 1 aromatic carbocycles. The van der Waals surface area contributed by atoms with Gasteiger partial charge in [-0.05, 0) is 95.5 Å². The Morgan fingerprint density at radius 1 is 1.07 bits per heavy atom. The number of halogens is 3. The summed E-state index contributed by atoms with van der Waals surface area (Å²) in [5.74, 6) is 1.60. The zero-order chi connectivity index (χ0) is 20.9. The smallest absolute Gasteiger partial charge is 0.139 e. The SMILES string of the molecule is CCc1cc(OCC=C(Br)Br)c(Cl)c(CC)c1OCCCCCON=C(C)C. The van der Waals surface area contributed by atoms with Gasteiger partial charge in [-0.15, -0.1) is 0 Å². The second-order valence-corrected chi connectivity index (χ2v) is 9.60. The molecule has 0 radical (unpaired) electrons. The minimum absolute atomic E-state index is 0.432. The average Bonchev–Trinajstić information content (AvgIpc) is 2.64. The molecule has 7 heteroatoms. The zero-order valence-corrected chi connectivity index (χ0v) is 21.0. The lowest BCUT2D eigenvalue weighted by Crippen LogP contribution is -2.06. The third-order valence-corrected chi connectivity index (χ3v) is 5.00. The highest BCUT2D eigenvalue weighted by Crippen LogP contribution is 2.39. The van der Waals surface area contributed by atoms with Crippen LogP contribution in [0.15, 0.2) is 20.7 Å². The second kappa shape index (κ2) is 14.3. The van der Waals surface area contributed by atoms with E-state index in [1.165, 1.54) is 0 Å². The number of rotatable bonds is 13. The molecular weight excluding hydrogens is 509 g/mol. The summed E-state index contributed by atoms with van der Waals surface area (Å²) in [6.07, 6.45) is 6.49. The highest BCUT2D eigenvalue weighted by Gasteiger charge is 2.17. The third-order valence-electron chi connectivity index (χ3n) is 3.94. The first-order valence-electron chi connectivity index (χ1n) is 9.64. The summed E-state index contributed by atoms with van der Waals surface area (Å²) < 4.78 is 12.8. The monoisotopic (exact) mass is 537 g/mol. The lowest BCUT2D eigenvalue weighted by atomic mass is 10.0. The van der Waals surface area contributed by atoms with Gasteiger partial charge in [0.05, 0.1) is 20.7 Å². The molecule has 0 unspecified atom stereocenters. The van der Waals surface area contributed by atoms with Gasteiger partial charge in [-0.2, -0.15) is 0 Å². The Morgan fingerprint density at radius 2 is 1.79 bits per heavy atom. The van der Waals surface area contributed by atoms with Crippen LogP contribution < -0.4 is 9.47 Å². The second-order valence-electron chi connectivity index (χ2n) is 6.45. The fraction of sp³-hybridized carbons (Fsp3) is 0.571. The van der Waals surface area contributed by atoms with Gasteiger partial charge in [0.25, 0.3) is 0 Å². The number of hydrogen-bond acceptors (Lipinski definition) is 4. The maximum absolute atomic E-state index is 6.60. The summed E-state index contributed by atoms with van der Waals surface area (Å²) >= 11 is 13.3. The Morgan fingerprint density at radius 3 is 2.39 bits per heavy atom. The van der Waals surface area contributed by atoms with Crippen molar-refractivity contribution < 1.29 is 14.3 Å². The van der Waals surface area contributed by atoms with Crippen molar-refractivity contribution in [3.8, 4) is 11.5 Å². The van der Waals surface area contributed by atoms with E-state index in [9.17, 15) is 0 Å². The summed E-state index contributed by atoms with van der Waals surface area (Å²) in [4.78, 5) is 5.21. The molecule has 1 rings (SSSR count). The molecule has 28 heavy (non-hydrogen) atoms. The quantitative estimate of drug-likeness (QED) is 0.149. The molecule has 0 amide bonds. The number of oxime groups is 1. The molecular formula is C21H30Br2ClNO3. The van der Waals surface area contributed by atoms with Crippen LogP contribution in [-0.4, -0.2) is 25.5 Å². The lowest BCUT2D eigenvalue weighted by molar-refractivity contribution is 0.138. The van der Waals surface area contributed by atoms with E-state index >= 15 is 0 Å². The number of unbranched alkanes of at least 4 members (excludes halogenated alkanes) is 2. The van der Waals surface area contributed by atoms with Crippen LogP contribution in [0, 0.1) is 0 Å². The molecule has 0 fully saturated rings. The molecule has 0 spiro atoms. The first-order chi connectivity index (χ1) is 13.4. The van der Waals surface area contributed by atoms with Gasteiger partial charge in [0.15, 0.2) is 0 Å². The van der Waals surface area contributed by atoms with Gasteiger partial charge in [0.1, 0.15) is 24.7 Å². The van der Waals surface area contributed by atoms with Gasteiger partial charge in [-0.3, -0.25) is 0 Å². The molecule has 0 aromatic heterocycles. The van der Waals surface area contributed by atoms with Gasteiger partial charge in [0, 0.05) is 5.56 Å². The molecule has 0 aliphatic rings. The maximum atomic E-state index is 6.60. The van der Waals surface area contributed by atoms with Crippen LogP contribution in [0.2, 0.25) is 5.02 Å². The van der Waals surface area contributed by atoms with Crippen molar-refractivity contribution in [3.05, 3.63) is 31.7 Å². The van der Waals surface area contributed by atoms with Gasteiger partial charge < -0.3 is 14.3 Å². The number of aryl methyl sites for hydroxylation is 1. The van der Waals surface area contributed by atoms with E-state index in [4.69, 9.17) is 25.9 Å². The van der Waals surface area contributed by atoms with E-state index in [-0.39, 0.29) is 0 Å². The molecule has 0 saturated carbocycles. The Hall–Kier alpha value is -0.720. The molecule has 0 saturated heterocycles. The van der Waals surface area contributed by atoms with Gasteiger partial charge >= 0.3 is 0 Å². The van der Waals surface area contributed by atoms with Gasteiger partial charge in [-0.1, -0.05) is 30.6 Å². The molecule has 1 aromatic rings. The summed E-state index contributed by atoms with van der Waals surface area (Å²) in [7, 11) is 0. The van der Waals surface area contributed by atoms with Crippen molar-refractivity contribution in [2.75, 3.05) is 19.8 Å². The molecule has 0 atom stereocenters. The normalized spacial score (nSPS) is 10.4. The molecule has 0 aliphatic heterocycles. The van der Waals surface area contributed by atoms with Crippen molar-refractivity contribution in [2.24, 2.45) is 5.16 Å². The van der Waals surface area contributed by atoms with Crippen LogP contribution >= 0.6 is 43.5 Å². The lowest BCUT2D eigenvalue weighted by Gasteiger charge is -2.19. The van der Waals surface area contributed by atoms with E-state index < -0.39 is 0 Å². The van der Waals surface area contributed by atoms with E-state index in [2.05, 4.69) is 50.9 Å². The molecule has 0 heterocycles. The number of hydrogen-bond donors (Lipinski definition) is 0. The first-order valence-corrected chi connectivity index (χ1v) is 11.6. The fourth-order valence-corrected chi connectivity index (χ4v) is 3.17. The summed E-state index contributed by atoms with van der Waals surface area (Å²) in [5, 5.41) is 4.57. The van der Waals surface area contributed by atoms with Crippen LogP contribution in [0.1, 0.15) is 58.1 Å². The Balaban J connectivity index is 2.68. The van der Waals surface area contributed by atoms with Crippen molar-refractivity contribution >= 4 is 49.2 Å². The molecule has 158 valence electrons. The minimum atomic E-state index is 0.432. The number of ether oxygens (including phenoxy) is 2. The average molecular weight is 540 g/mol. The van der Waals surface area contributed by atoms with Crippen LogP contribution in [-0.2, 0) is 17.7 Å². The van der Waals surface area contributed by atoms with Crippen molar-refractivity contribution in [1.82, 2.24) is 0 Å². The number of benzene rings is 1. The van der Waals surface area contributed by atoms with Crippen LogP contribution in [0.4, 0.5) is 0 Å². The van der Waals surface area contributed by atoms with Crippen molar-refractivity contribution in [3.63, 3.8) is 0 Å². The fourth-order valence-electron chi connectivity index (χ4n) is 2.58.